The molecule has 0 spiro atoms. The third kappa shape index (κ3) is 3.52. The highest BCUT2D eigenvalue weighted by molar-refractivity contribution is 14.1. The number of benzene rings is 1. The molecule has 2 rings (SSSR count). The second kappa shape index (κ2) is 7.00. The topological polar surface area (TPSA) is 72.4 Å². The lowest BCUT2D eigenvalue weighted by molar-refractivity contribution is 0.0538. The Hall–Kier alpha value is -1.76. The number of nitrogens with one attached hydrogen (secondary N) is 2. The van der Waals surface area contributed by atoms with Crippen LogP contribution in [0.15, 0.2) is 23.0 Å². The number of aromatic nitrogens is 1. The molecule has 2 N–H and O–H groups in total. The molecule has 0 radical (unpaired) electrons. The first-order valence-electron chi connectivity index (χ1n) is 6.03. The zero-order chi connectivity index (χ0) is 16.3. The van der Waals surface area contributed by atoms with E-state index in [1.54, 1.807) is 12.1 Å². The van der Waals surface area contributed by atoms with E-state index in [-0.39, 0.29) is 11.4 Å². The van der Waals surface area contributed by atoms with Gasteiger partial charge in [0.15, 0.2) is 0 Å². The maximum Gasteiger partial charge on any atom is 0.304 e. The van der Waals surface area contributed by atoms with Crippen molar-refractivity contribution in [2.24, 2.45) is 7.05 Å². The molecule has 0 aliphatic heterocycles. The number of carbonyl (C=O) groups excluding carboxylic acids is 1. The van der Waals surface area contributed by atoms with Gasteiger partial charge < -0.3 is 5.32 Å². The Morgan fingerprint density at radius 2 is 2.14 bits per heavy atom. The van der Waals surface area contributed by atoms with Crippen LogP contribution in [-0.2, 0) is 11.9 Å². The number of hydrogen-bond donors (Lipinski definition) is 2. The van der Waals surface area contributed by atoms with E-state index in [9.17, 15) is 9.59 Å². The number of hydrogen-bond acceptors (Lipinski definition) is 4. The lowest BCUT2D eigenvalue weighted by Crippen LogP contribution is -2.26. The lowest BCUT2D eigenvalue weighted by Gasteiger charge is -2.14. The SMILES string of the molecule is CONC(=O)c1c#cc(=O)n(C)c1Nc1ccc(I)cc1Cl. The molecule has 0 unspecified atom stereocenters. The van der Waals surface area contributed by atoms with Crippen molar-refractivity contribution in [3.05, 3.63) is 54.8 Å². The van der Waals surface area contributed by atoms with Gasteiger partial charge in [0, 0.05) is 16.7 Å². The zero-order valence-electron chi connectivity index (χ0n) is 11.7. The van der Waals surface area contributed by atoms with Gasteiger partial charge in [-0.3, -0.25) is 19.0 Å². The average Bonchev–Trinajstić information content (AvgIpc) is 2.46. The smallest absolute Gasteiger partial charge is 0.304 e. The predicted molar refractivity (Wildman–Crippen MR) is 91.3 cm³/mol. The lowest BCUT2D eigenvalue weighted by atomic mass is 10.2. The summed E-state index contributed by atoms with van der Waals surface area (Å²) in [5.74, 6) is -0.320. The van der Waals surface area contributed by atoms with Crippen molar-refractivity contribution in [1.29, 1.82) is 0 Å². The second-order valence-corrected chi connectivity index (χ2v) is 5.88. The van der Waals surface area contributed by atoms with Gasteiger partial charge >= 0.3 is 5.56 Å². The number of carbonyl (C=O) groups is 1. The molecule has 1 aromatic heterocycles. The molecule has 0 atom stereocenters. The number of halogens is 2. The molecular weight excluding hydrogens is 421 g/mol. The van der Waals surface area contributed by atoms with Crippen LogP contribution in [0.25, 0.3) is 0 Å². The molecule has 0 saturated heterocycles. The van der Waals surface area contributed by atoms with Gasteiger partial charge in [-0.15, -0.1) is 0 Å². The molecule has 1 aromatic carbocycles. The molecule has 0 aliphatic rings. The van der Waals surface area contributed by atoms with Gasteiger partial charge in [0.05, 0.1) is 17.8 Å². The fourth-order valence-electron chi connectivity index (χ4n) is 1.70. The molecule has 22 heavy (non-hydrogen) atoms. The zero-order valence-corrected chi connectivity index (χ0v) is 14.6. The number of hydroxylamine groups is 1. The summed E-state index contributed by atoms with van der Waals surface area (Å²) >= 11 is 8.30. The van der Waals surface area contributed by atoms with Gasteiger partial charge in [0.2, 0.25) is 0 Å². The number of anilines is 2. The minimum atomic E-state index is -0.557. The van der Waals surface area contributed by atoms with Gasteiger partial charge in [0.1, 0.15) is 11.4 Å². The standard InChI is InChI=1S/C14H11ClIN3O3/c1-19-12(20)6-4-9(14(21)18-22-2)13(19)17-11-5-3-8(16)7-10(11)15/h3,5,7,17H,1-2H3,(H,18,21). The Balaban J connectivity index is 2.50. The first-order chi connectivity index (χ1) is 10.4. The van der Waals surface area contributed by atoms with E-state index < -0.39 is 11.5 Å². The van der Waals surface area contributed by atoms with Crippen molar-refractivity contribution < 1.29 is 9.63 Å². The number of amides is 1. The molecule has 6 nitrogen and oxygen atoms in total. The molecule has 0 aliphatic carbocycles. The van der Waals surface area contributed by atoms with Crippen molar-refractivity contribution in [3.8, 4) is 0 Å². The summed E-state index contributed by atoms with van der Waals surface area (Å²) in [5, 5.41) is 3.44. The van der Waals surface area contributed by atoms with E-state index >= 15 is 0 Å². The first-order valence-corrected chi connectivity index (χ1v) is 7.49. The van der Waals surface area contributed by atoms with Crippen LogP contribution >= 0.6 is 34.2 Å². The minimum absolute atomic E-state index is 0.0820. The largest absolute Gasteiger partial charge is 0.339 e. The summed E-state index contributed by atoms with van der Waals surface area (Å²) in [5.41, 5.74) is 2.39. The fourth-order valence-corrected chi connectivity index (χ4v) is 2.60. The van der Waals surface area contributed by atoms with Crippen LogP contribution in [0.1, 0.15) is 10.4 Å². The van der Waals surface area contributed by atoms with Gasteiger partial charge in [-0.05, 0) is 46.9 Å². The predicted octanol–water partition coefficient (Wildman–Crippen LogP) is 2.28. The van der Waals surface area contributed by atoms with Crippen molar-refractivity contribution >= 4 is 51.6 Å². The quantitative estimate of drug-likeness (QED) is 0.576. The van der Waals surface area contributed by atoms with Gasteiger partial charge in [-0.1, -0.05) is 11.6 Å². The molecule has 1 amide bonds. The van der Waals surface area contributed by atoms with Crippen molar-refractivity contribution in [2.75, 3.05) is 12.4 Å². The van der Waals surface area contributed by atoms with Crippen LogP contribution in [0.5, 0.6) is 0 Å². The molecule has 0 bridgehead atoms. The summed E-state index contributed by atoms with van der Waals surface area (Å²) in [6.07, 6.45) is 0. The van der Waals surface area contributed by atoms with E-state index in [1.165, 1.54) is 18.7 Å². The normalized spacial score (nSPS) is 10.0. The van der Waals surface area contributed by atoms with Crippen molar-refractivity contribution in [3.63, 3.8) is 0 Å². The molecular formula is C14H11ClIN3O3. The molecule has 114 valence electrons. The van der Waals surface area contributed by atoms with Crippen LogP contribution in [-0.4, -0.2) is 17.6 Å². The summed E-state index contributed by atoms with van der Waals surface area (Å²) < 4.78 is 2.21. The Kier molecular flexibility index (Phi) is 5.28. The van der Waals surface area contributed by atoms with Crippen LogP contribution in [0, 0.1) is 15.7 Å². The Bertz CT molecular complexity index is 776. The van der Waals surface area contributed by atoms with E-state index in [0.717, 1.165) is 3.57 Å². The van der Waals surface area contributed by atoms with Gasteiger partial charge in [-0.2, -0.15) is 0 Å². The summed E-state index contributed by atoms with van der Waals surface area (Å²) in [6.45, 7) is 0. The maximum absolute atomic E-state index is 12.0. The number of rotatable bonds is 4. The monoisotopic (exact) mass is 431 g/mol. The van der Waals surface area contributed by atoms with Crippen LogP contribution in [0.2, 0.25) is 5.02 Å². The highest BCUT2D eigenvalue weighted by Gasteiger charge is 2.16. The summed E-state index contributed by atoms with van der Waals surface area (Å²) in [7, 11) is 2.83. The van der Waals surface area contributed by atoms with Gasteiger partial charge in [0.25, 0.3) is 5.91 Å². The molecule has 0 fully saturated rings. The van der Waals surface area contributed by atoms with Crippen LogP contribution in [0.3, 0.4) is 0 Å². The average molecular weight is 432 g/mol. The highest BCUT2D eigenvalue weighted by Crippen LogP contribution is 2.27. The fraction of sp³-hybridized carbons (Fsp3) is 0.143. The Labute approximate surface area is 145 Å². The van der Waals surface area contributed by atoms with E-state index in [0.29, 0.717) is 10.7 Å². The number of nitrogens with zero attached hydrogens (tertiary/aromatic N) is 1. The van der Waals surface area contributed by atoms with Crippen LogP contribution in [0.4, 0.5) is 11.5 Å². The van der Waals surface area contributed by atoms with Crippen molar-refractivity contribution in [1.82, 2.24) is 10.0 Å². The maximum atomic E-state index is 12.0. The second-order valence-electron chi connectivity index (χ2n) is 4.22. The van der Waals surface area contributed by atoms with Crippen molar-refractivity contribution in [2.45, 2.75) is 0 Å². The third-order valence-electron chi connectivity index (χ3n) is 2.78. The Morgan fingerprint density at radius 3 is 2.77 bits per heavy atom. The Morgan fingerprint density at radius 1 is 1.41 bits per heavy atom. The van der Waals surface area contributed by atoms with E-state index in [4.69, 9.17) is 11.6 Å². The summed E-state index contributed by atoms with van der Waals surface area (Å²) in [6, 6.07) is 10.2. The van der Waals surface area contributed by atoms with Crippen LogP contribution < -0.4 is 16.4 Å². The van der Waals surface area contributed by atoms with E-state index in [2.05, 4.69) is 50.4 Å². The summed E-state index contributed by atoms with van der Waals surface area (Å²) in [4.78, 5) is 28.3. The molecule has 2 aromatic rings. The van der Waals surface area contributed by atoms with Gasteiger partial charge in [-0.25, -0.2) is 5.48 Å². The minimum Gasteiger partial charge on any atom is -0.339 e. The molecule has 1 heterocycles. The van der Waals surface area contributed by atoms with E-state index in [1.807, 2.05) is 6.07 Å². The third-order valence-corrected chi connectivity index (χ3v) is 3.76. The first kappa shape index (κ1) is 16.6. The molecule has 0 saturated carbocycles. The highest BCUT2D eigenvalue weighted by atomic mass is 127. The molecule has 8 heteroatoms.